The molecule has 1 aliphatic heterocycles. The molecule has 1 atom stereocenters. The first-order valence-corrected chi connectivity index (χ1v) is 15.6. The average Bonchev–Trinajstić information content (AvgIpc) is 3.35. The molecule has 1 saturated carbocycles. The Labute approximate surface area is 239 Å². The number of carboxylic acid groups (broad SMARTS) is 1. The lowest BCUT2D eigenvalue weighted by molar-refractivity contribution is -0.121. The van der Waals surface area contributed by atoms with Crippen molar-refractivity contribution in [2.45, 2.75) is 63.8 Å². The number of piperazine rings is 1. The number of amides is 2. The second-order valence-corrected chi connectivity index (χ2v) is 14.3. The van der Waals surface area contributed by atoms with Crippen LogP contribution in [0.15, 0.2) is 35.2 Å². The van der Waals surface area contributed by atoms with Crippen LogP contribution in [0, 0.1) is 23.2 Å². The fourth-order valence-electron chi connectivity index (χ4n) is 5.24. The Bertz CT molecular complexity index is 1460. The number of aromatic carboxylic acids is 1. The largest absolute Gasteiger partial charge is 0.477 e. The van der Waals surface area contributed by atoms with Crippen molar-refractivity contribution in [1.82, 2.24) is 9.62 Å². The van der Waals surface area contributed by atoms with Crippen LogP contribution < -0.4 is 10.2 Å². The number of hydrogen-bond acceptors (Lipinski definition) is 6. The molecule has 214 valence electrons. The van der Waals surface area contributed by atoms with Crippen molar-refractivity contribution in [2.75, 3.05) is 25.0 Å². The molecule has 1 aromatic heterocycles. The maximum Gasteiger partial charge on any atom is 0.348 e. The molecule has 2 amide bonds. The van der Waals surface area contributed by atoms with Crippen molar-refractivity contribution in [3.8, 4) is 11.8 Å². The Hall–Kier alpha value is -3.20. The SMILES string of the molecule is CNC(=O)c1ccc(S(=O)(=O)N2CC(=O)N(c3cc(C#CC(C)(C)C)sc3C(=O)O)C(C3CCCCC3)C2)cc1. The Morgan fingerprint density at radius 3 is 2.33 bits per heavy atom. The first-order valence-electron chi connectivity index (χ1n) is 13.4. The summed E-state index contributed by atoms with van der Waals surface area (Å²) in [7, 11) is -2.56. The van der Waals surface area contributed by atoms with Crippen LogP contribution in [0.4, 0.5) is 5.69 Å². The zero-order valence-corrected chi connectivity index (χ0v) is 24.8. The van der Waals surface area contributed by atoms with Gasteiger partial charge in [-0.3, -0.25) is 9.59 Å². The Kier molecular flexibility index (Phi) is 8.73. The monoisotopic (exact) mass is 585 g/mol. The van der Waals surface area contributed by atoms with Crippen molar-refractivity contribution in [3.63, 3.8) is 0 Å². The van der Waals surface area contributed by atoms with Gasteiger partial charge in [0, 0.05) is 24.6 Å². The molecule has 1 unspecified atom stereocenters. The van der Waals surface area contributed by atoms with E-state index < -0.39 is 34.5 Å². The van der Waals surface area contributed by atoms with Gasteiger partial charge in [-0.1, -0.05) is 31.1 Å². The van der Waals surface area contributed by atoms with Gasteiger partial charge in [0.15, 0.2) is 0 Å². The maximum atomic E-state index is 13.8. The number of sulfonamides is 1. The third-order valence-electron chi connectivity index (χ3n) is 7.20. The Balaban J connectivity index is 1.72. The fraction of sp³-hybridized carbons (Fsp3) is 0.483. The first-order chi connectivity index (χ1) is 18.8. The van der Waals surface area contributed by atoms with E-state index in [0.29, 0.717) is 10.4 Å². The molecule has 2 aliphatic rings. The summed E-state index contributed by atoms with van der Waals surface area (Å²) in [6, 6.07) is 6.75. The van der Waals surface area contributed by atoms with Crippen LogP contribution in [0.5, 0.6) is 0 Å². The third kappa shape index (κ3) is 6.40. The van der Waals surface area contributed by atoms with Crippen LogP contribution in [0.3, 0.4) is 0 Å². The molecule has 40 heavy (non-hydrogen) atoms. The predicted octanol–water partition coefficient (Wildman–Crippen LogP) is 4.19. The number of carboxylic acids is 1. The van der Waals surface area contributed by atoms with Gasteiger partial charge < -0.3 is 15.3 Å². The number of carbonyl (C=O) groups excluding carboxylic acids is 2. The molecule has 11 heteroatoms. The van der Waals surface area contributed by atoms with Gasteiger partial charge >= 0.3 is 5.97 Å². The number of nitrogens with zero attached hydrogens (tertiary/aromatic N) is 2. The van der Waals surface area contributed by atoms with E-state index >= 15 is 0 Å². The van der Waals surface area contributed by atoms with Gasteiger partial charge in [0.2, 0.25) is 15.9 Å². The van der Waals surface area contributed by atoms with Gasteiger partial charge in [0.05, 0.1) is 28.0 Å². The molecular formula is C29H35N3O6S2. The normalized spacial score (nSPS) is 19.1. The van der Waals surface area contributed by atoms with E-state index in [1.807, 2.05) is 20.8 Å². The van der Waals surface area contributed by atoms with E-state index in [0.717, 1.165) is 43.4 Å². The molecule has 0 bridgehead atoms. The van der Waals surface area contributed by atoms with E-state index in [2.05, 4.69) is 17.2 Å². The summed E-state index contributed by atoms with van der Waals surface area (Å²) in [4.78, 5) is 40.0. The summed E-state index contributed by atoms with van der Waals surface area (Å²) < 4.78 is 28.5. The third-order valence-corrected chi connectivity index (χ3v) is 10.1. The van der Waals surface area contributed by atoms with Crippen molar-refractivity contribution >= 4 is 44.8 Å². The zero-order valence-electron chi connectivity index (χ0n) is 23.2. The number of anilines is 1. The van der Waals surface area contributed by atoms with E-state index in [-0.39, 0.29) is 39.2 Å². The van der Waals surface area contributed by atoms with Crippen molar-refractivity contribution < 1.29 is 27.9 Å². The Morgan fingerprint density at radius 1 is 1.10 bits per heavy atom. The van der Waals surface area contributed by atoms with Crippen LogP contribution in [0.1, 0.15) is 77.8 Å². The lowest BCUT2D eigenvalue weighted by Gasteiger charge is -2.44. The molecule has 1 saturated heterocycles. The molecule has 4 rings (SSSR count). The van der Waals surface area contributed by atoms with Crippen LogP contribution in [-0.4, -0.2) is 61.8 Å². The number of hydrogen-bond donors (Lipinski definition) is 2. The highest BCUT2D eigenvalue weighted by Gasteiger charge is 2.44. The quantitative estimate of drug-likeness (QED) is 0.490. The molecule has 2 aromatic rings. The Morgan fingerprint density at radius 2 is 1.75 bits per heavy atom. The van der Waals surface area contributed by atoms with E-state index in [1.54, 1.807) is 6.07 Å². The smallest absolute Gasteiger partial charge is 0.348 e. The minimum atomic E-state index is -4.05. The zero-order chi connectivity index (χ0) is 29.2. The highest BCUT2D eigenvalue weighted by molar-refractivity contribution is 7.89. The van der Waals surface area contributed by atoms with Gasteiger partial charge in [-0.05, 0) is 69.9 Å². The first kappa shape index (κ1) is 29.8. The van der Waals surface area contributed by atoms with E-state index in [9.17, 15) is 27.9 Å². The molecule has 1 aromatic carbocycles. The topological polar surface area (TPSA) is 124 Å². The lowest BCUT2D eigenvalue weighted by Crippen LogP contribution is -2.60. The molecule has 1 aliphatic carbocycles. The predicted molar refractivity (Wildman–Crippen MR) is 154 cm³/mol. The number of carbonyl (C=O) groups is 3. The van der Waals surface area contributed by atoms with E-state index in [4.69, 9.17) is 0 Å². The molecule has 2 N–H and O–H groups in total. The summed E-state index contributed by atoms with van der Waals surface area (Å²) in [6.45, 7) is 5.51. The second-order valence-electron chi connectivity index (χ2n) is 11.3. The average molecular weight is 586 g/mol. The van der Waals surface area contributed by atoms with Crippen LogP contribution in [-0.2, 0) is 14.8 Å². The maximum absolute atomic E-state index is 13.8. The molecule has 0 spiro atoms. The van der Waals surface area contributed by atoms with E-state index in [1.165, 1.54) is 40.5 Å². The molecule has 2 fully saturated rings. The van der Waals surface area contributed by atoms with Gasteiger partial charge in [-0.15, -0.1) is 11.3 Å². The summed E-state index contributed by atoms with van der Waals surface area (Å²) in [5, 5.41) is 12.5. The number of nitrogens with one attached hydrogen (secondary N) is 1. The van der Waals surface area contributed by atoms with Gasteiger partial charge in [-0.2, -0.15) is 4.31 Å². The molecule has 0 radical (unpaired) electrons. The summed E-state index contributed by atoms with van der Waals surface area (Å²) in [6.07, 6.45) is 4.66. The summed E-state index contributed by atoms with van der Waals surface area (Å²) in [5.74, 6) is 4.25. The summed E-state index contributed by atoms with van der Waals surface area (Å²) >= 11 is 1.03. The van der Waals surface area contributed by atoms with Crippen LogP contribution in [0.25, 0.3) is 0 Å². The van der Waals surface area contributed by atoms with Crippen molar-refractivity contribution in [1.29, 1.82) is 0 Å². The standard InChI is InChI=1S/C29H35N3O6S2/c1-29(2,3)15-14-21-16-23(26(39-21)28(35)36)32-24(19-8-6-5-7-9-19)17-31(18-25(32)33)40(37,38)22-12-10-20(11-13-22)27(34)30-4/h10-13,16,19,24H,5-9,17-18H2,1-4H3,(H,30,34)(H,35,36). The molecule has 2 heterocycles. The van der Waals surface area contributed by atoms with Crippen LogP contribution >= 0.6 is 11.3 Å². The molecule has 9 nitrogen and oxygen atoms in total. The van der Waals surface area contributed by atoms with Gasteiger partial charge in [0.25, 0.3) is 5.91 Å². The highest BCUT2D eigenvalue weighted by atomic mass is 32.2. The lowest BCUT2D eigenvalue weighted by atomic mass is 9.82. The second kappa shape index (κ2) is 11.7. The molecular weight excluding hydrogens is 550 g/mol. The minimum Gasteiger partial charge on any atom is -0.477 e. The van der Waals surface area contributed by atoms with Gasteiger partial charge in [-0.25, -0.2) is 13.2 Å². The summed E-state index contributed by atoms with van der Waals surface area (Å²) in [5.41, 5.74) is 0.321. The number of rotatable bonds is 6. The highest BCUT2D eigenvalue weighted by Crippen LogP contribution is 2.39. The fourth-order valence-corrected chi connectivity index (χ4v) is 7.49. The van der Waals surface area contributed by atoms with Crippen molar-refractivity contribution in [2.24, 2.45) is 11.3 Å². The van der Waals surface area contributed by atoms with Crippen LogP contribution in [0.2, 0.25) is 0 Å². The number of thiophene rings is 1. The van der Waals surface area contributed by atoms with Gasteiger partial charge in [0.1, 0.15) is 4.88 Å². The minimum absolute atomic E-state index is 0.00898. The van der Waals surface area contributed by atoms with Crippen molar-refractivity contribution in [3.05, 3.63) is 45.6 Å². The number of benzene rings is 1.